The van der Waals surface area contributed by atoms with Gasteiger partial charge in [-0.15, -0.1) is 0 Å². The Hall–Kier alpha value is -3.22. The lowest BCUT2D eigenvalue weighted by Crippen LogP contribution is -2.32. The van der Waals surface area contributed by atoms with Crippen molar-refractivity contribution >= 4 is 17.5 Å². The number of hydrogen-bond acceptors (Lipinski definition) is 4. The summed E-state index contributed by atoms with van der Waals surface area (Å²) in [6.07, 6.45) is 0.149. The first-order valence-electron chi connectivity index (χ1n) is 7.84. The molecule has 0 bridgehead atoms. The largest absolute Gasteiger partial charge is 0.352 e. The van der Waals surface area contributed by atoms with E-state index in [2.05, 4.69) is 10.6 Å². The van der Waals surface area contributed by atoms with Crippen LogP contribution in [0.4, 0.5) is 5.69 Å². The number of hydrogen-bond donors (Lipinski definition) is 2. The number of rotatable bonds is 7. The van der Waals surface area contributed by atoms with Gasteiger partial charge in [0.05, 0.1) is 11.0 Å². The number of nitro groups is 1. The summed E-state index contributed by atoms with van der Waals surface area (Å²) in [6.45, 7) is 2.08. The Morgan fingerprint density at radius 3 is 2.32 bits per heavy atom. The van der Waals surface area contributed by atoms with Crippen LogP contribution in [0.25, 0.3) is 0 Å². The molecule has 7 heteroatoms. The SMILES string of the molecule is C[C@H](NC(=O)CCNC(=O)c1ccc([N+](=O)[O-])cc1)c1ccccc1. The molecule has 0 spiro atoms. The summed E-state index contributed by atoms with van der Waals surface area (Å²) in [5, 5.41) is 16.1. The minimum atomic E-state index is -0.528. The molecule has 0 aliphatic rings. The summed E-state index contributed by atoms with van der Waals surface area (Å²) < 4.78 is 0. The third-order valence-electron chi connectivity index (χ3n) is 3.65. The van der Waals surface area contributed by atoms with Gasteiger partial charge in [-0.25, -0.2) is 0 Å². The van der Waals surface area contributed by atoms with Crippen molar-refractivity contribution in [1.82, 2.24) is 10.6 Å². The Morgan fingerprint density at radius 1 is 1.08 bits per heavy atom. The maximum atomic E-state index is 11.9. The zero-order valence-electron chi connectivity index (χ0n) is 13.8. The van der Waals surface area contributed by atoms with E-state index in [0.29, 0.717) is 5.56 Å². The zero-order chi connectivity index (χ0) is 18.2. The predicted molar refractivity (Wildman–Crippen MR) is 93.0 cm³/mol. The van der Waals surface area contributed by atoms with Crippen molar-refractivity contribution < 1.29 is 14.5 Å². The van der Waals surface area contributed by atoms with E-state index in [9.17, 15) is 19.7 Å². The average molecular weight is 341 g/mol. The number of nitro benzene ring substituents is 1. The van der Waals surface area contributed by atoms with Gasteiger partial charge in [0.2, 0.25) is 5.91 Å². The lowest BCUT2D eigenvalue weighted by molar-refractivity contribution is -0.384. The lowest BCUT2D eigenvalue weighted by Gasteiger charge is -2.14. The van der Waals surface area contributed by atoms with Crippen molar-refractivity contribution in [3.8, 4) is 0 Å². The maximum Gasteiger partial charge on any atom is 0.269 e. The van der Waals surface area contributed by atoms with E-state index in [1.807, 2.05) is 37.3 Å². The molecular weight excluding hydrogens is 322 g/mol. The Kier molecular flexibility index (Phi) is 6.22. The van der Waals surface area contributed by atoms with Crippen molar-refractivity contribution in [2.24, 2.45) is 0 Å². The van der Waals surface area contributed by atoms with Crippen LogP contribution in [0.15, 0.2) is 54.6 Å². The molecule has 0 aromatic heterocycles. The summed E-state index contributed by atoms with van der Waals surface area (Å²) in [6, 6.07) is 14.8. The first-order chi connectivity index (χ1) is 12.0. The van der Waals surface area contributed by atoms with Gasteiger partial charge >= 0.3 is 0 Å². The number of carbonyl (C=O) groups is 2. The molecule has 0 unspecified atom stereocenters. The number of amides is 2. The number of carbonyl (C=O) groups excluding carboxylic acids is 2. The summed E-state index contributed by atoms with van der Waals surface area (Å²) in [4.78, 5) is 33.9. The third kappa shape index (κ3) is 5.42. The second-order valence-corrected chi connectivity index (χ2v) is 5.51. The molecule has 130 valence electrons. The Labute approximate surface area is 145 Å². The molecule has 0 radical (unpaired) electrons. The molecule has 2 amide bonds. The van der Waals surface area contributed by atoms with E-state index in [1.54, 1.807) is 0 Å². The third-order valence-corrected chi connectivity index (χ3v) is 3.65. The van der Waals surface area contributed by atoms with Crippen LogP contribution in [-0.4, -0.2) is 23.3 Å². The highest BCUT2D eigenvalue weighted by Gasteiger charge is 2.11. The second kappa shape index (κ2) is 8.58. The van der Waals surface area contributed by atoms with E-state index in [-0.39, 0.29) is 36.5 Å². The number of non-ortho nitro benzene ring substituents is 1. The van der Waals surface area contributed by atoms with E-state index < -0.39 is 4.92 Å². The molecule has 0 saturated heterocycles. The van der Waals surface area contributed by atoms with Crippen molar-refractivity contribution in [2.75, 3.05) is 6.54 Å². The molecule has 2 rings (SSSR count). The Bertz CT molecular complexity index is 745. The van der Waals surface area contributed by atoms with E-state index >= 15 is 0 Å². The fraction of sp³-hybridized carbons (Fsp3) is 0.222. The van der Waals surface area contributed by atoms with Gasteiger partial charge in [0.1, 0.15) is 0 Å². The molecule has 7 nitrogen and oxygen atoms in total. The number of nitrogens with zero attached hydrogens (tertiary/aromatic N) is 1. The van der Waals surface area contributed by atoms with Crippen LogP contribution >= 0.6 is 0 Å². The highest BCUT2D eigenvalue weighted by Crippen LogP contribution is 2.12. The monoisotopic (exact) mass is 341 g/mol. The molecule has 1 atom stereocenters. The van der Waals surface area contributed by atoms with Crippen LogP contribution in [0.5, 0.6) is 0 Å². The Morgan fingerprint density at radius 2 is 1.72 bits per heavy atom. The predicted octanol–water partition coefficient (Wildman–Crippen LogP) is 2.59. The van der Waals surface area contributed by atoms with Crippen LogP contribution in [0.2, 0.25) is 0 Å². The molecular formula is C18H19N3O4. The molecule has 25 heavy (non-hydrogen) atoms. The van der Waals surface area contributed by atoms with Gasteiger partial charge in [-0.05, 0) is 24.6 Å². The average Bonchev–Trinajstić information content (AvgIpc) is 2.62. The summed E-state index contributed by atoms with van der Waals surface area (Å²) in [5.74, 6) is -0.542. The van der Waals surface area contributed by atoms with Crippen LogP contribution in [-0.2, 0) is 4.79 Å². The zero-order valence-corrected chi connectivity index (χ0v) is 13.8. The van der Waals surface area contributed by atoms with Gasteiger partial charge < -0.3 is 10.6 Å². The number of benzene rings is 2. The van der Waals surface area contributed by atoms with E-state index in [0.717, 1.165) is 5.56 Å². The van der Waals surface area contributed by atoms with Crippen molar-refractivity contribution in [3.05, 3.63) is 75.8 Å². The minimum absolute atomic E-state index is 0.0779. The summed E-state index contributed by atoms with van der Waals surface area (Å²) in [7, 11) is 0. The highest BCUT2D eigenvalue weighted by molar-refractivity contribution is 5.94. The lowest BCUT2D eigenvalue weighted by atomic mass is 10.1. The van der Waals surface area contributed by atoms with E-state index in [1.165, 1.54) is 24.3 Å². The van der Waals surface area contributed by atoms with Crippen molar-refractivity contribution in [2.45, 2.75) is 19.4 Å². The molecule has 0 heterocycles. The van der Waals surface area contributed by atoms with Crippen LogP contribution in [0.1, 0.15) is 35.3 Å². The van der Waals surface area contributed by atoms with E-state index in [4.69, 9.17) is 0 Å². The van der Waals surface area contributed by atoms with Gasteiger partial charge in [0.15, 0.2) is 0 Å². The molecule has 2 aromatic carbocycles. The summed E-state index contributed by atoms with van der Waals surface area (Å²) >= 11 is 0. The van der Waals surface area contributed by atoms with Crippen LogP contribution in [0.3, 0.4) is 0 Å². The van der Waals surface area contributed by atoms with Gasteiger partial charge in [0.25, 0.3) is 11.6 Å². The van der Waals surface area contributed by atoms with Gasteiger partial charge in [0, 0.05) is 30.7 Å². The van der Waals surface area contributed by atoms with Crippen molar-refractivity contribution in [1.29, 1.82) is 0 Å². The molecule has 0 aliphatic heterocycles. The number of nitrogens with one attached hydrogen (secondary N) is 2. The smallest absolute Gasteiger partial charge is 0.269 e. The normalized spacial score (nSPS) is 11.4. The first-order valence-corrected chi connectivity index (χ1v) is 7.84. The quantitative estimate of drug-likeness (QED) is 0.597. The molecule has 0 saturated carbocycles. The fourth-order valence-corrected chi connectivity index (χ4v) is 2.26. The topological polar surface area (TPSA) is 101 Å². The van der Waals surface area contributed by atoms with Crippen molar-refractivity contribution in [3.63, 3.8) is 0 Å². The molecule has 2 aromatic rings. The van der Waals surface area contributed by atoms with Crippen LogP contribution < -0.4 is 10.6 Å². The maximum absolute atomic E-state index is 11.9. The summed E-state index contributed by atoms with van der Waals surface area (Å²) in [5.41, 5.74) is 1.24. The van der Waals surface area contributed by atoms with Gasteiger partial charge in [-0.1, -0.05) is 30.3 Å². The molecule has 0 fully saturated rings. The first kappa shape index (κ1) is 18.1. The fourth-order valence-electron chi connectivity index (χ4n) is 2.26. The highest BCUT2D eigenvalue weighted by atomic mass is 16.6. The molecule has 0 aliphatic carbocycles. The van der Waals surface area contributed by atoms with Gasteiger partial charge in [-0.3, -0.25) is 19.7 Å². The molecule has 2 N–H and O–H groups in total. The standard InChI is InChI=1S/C18H19N3O4/c1-13(14-5-3-2-4-6-14)20-17(22)11-12-19-18(23)15-7-9-16(10-8-15)21(24)25/h2-10,13H,11-12H2,1H3,(H,19,23)(H,20,22)/t13-/m0/s1. The van der Waals surface area contributed by atoms with Crippen LogP contribution in [0, 0.1) is 10.1 Å². The minimum Gasteiger partial charge on any atom is -0.352 e. The second-order valence-electron chi connectivity index (χ2n) is 5.51. The Balaban J connectivity index is 1.76. The van der Waals surface area contributed by atoms with Gasteiger partial charge in [-0.2, -0.15) is 0 Å².